The fraction of sp³-hybridized carbons (Fsp3) is 0.500. The summed E-state index contributed by atoms with van der Waals surface area (Å²) in [6.45, 7) is 5.29. The second-order valence-corrected chi connectivity index (χ2v) is 4.23. The number of aryl methyl sites for hydroxylation is 1. The molecule has 0 amide bonds. The zero-order valence-electron chi connectivity index (χ0n) is 11.1. The summed E-state index contributed by atoms with van der Waals surface area (Å²) in [5, 5.41) is 16.8. The van der Waals surface area contributed by atoms with E-state index in [1.165, 1.54) is 0 Å². The van der Waals surface area contributed by atoms with Crippen molar-refractivity contribution >= 4 is 5.97 Å². The Morgan fingerprint density at radius 1 is 1.42 bits per heavy atom. The van der Waals surface area contributed by atoms with Gasteiger partial charge >= 0.3 is 5.97 Å². The predicted octanol–water partition coefficient (Wildman–Crippen LogP) is 1.19. The second kappa shape index (κ2) is 5.64. The van der Waals surface area contributed by atoms with Gasteiger partial charge in [-0.25, -0.2) is 14.5 Å². The molecule has 0 aliphatic rings. The van der Waals surface area contributed by atoms with Gasteiger partial charge in [0.1, 0.15) is 12.4 Å². The Hall–Kier alpha value is -2.18. The third-order valence-corrected chi connectivity index (χ3v) is 2.96. The van der Waals surface area contributed by atoms with Gasteiger partial charge < -0.3 is 9.67 Å². The van der Waals surface area contributed by atoms with Crippen molar-refractivity contribution in [2.75, 3.05) is 0 Å². The maximum atomic E-state index is 11.1. The smallest absolute Gasteiger partial charge is 0.358 e. The molecule has 19 heavy (non-hydrogen) atoms. The molecule has 0 bridgehead atoms. The third kappa shape index (κ3) is 2.64. The SMILES string of the molecule is CCCc1c(C(=O)O)nnn1Cc1nccn1CC. The fourth-order valence-electron chi connectivity index (χ4n) is 2.02. The van der Waals surface area contributed by atoms with Crippen molar-refractivity contribution in [1.29, 1.82) is 0 Å². The van der Waals surface area contributed by atoms with Gasteiger partial charge in [0.05, 0.1) is 5.69 Å². The summed E-state index contributed by atoms with van der Waals surface area (Å²) < 4.78 is 3.62. The van der Waals surface area contributed by atoms with Crippen molar-refractivity contribution < 1.29 is 9.90 Å². The van der Waals surface area contributed by atoms with Crippen LogP contribution in [0.3, 0.4) is 0 Å². The van der Waals surface area contributed by atoms with E-state index in [0.29, 0.717) is 18.7 Å². The highest BCUT2D eigenvalue weighted by Crippen LogP contribution is 2.11. The molecular formula is C12H17N5O2. The van der Waals surface area contributed by atoms with Gasteiger partial charge in [0, 0.05) is 18.9 Å². The monoisotopic (exact) mass is 263 g/mol. The van der Waals surface area contributed by atoms with Crippen LogP contribution < -0.4 is 0 Å². The summed E-state index contributed by atoms with van der Waals surface area (Å²) in [5.41, 5.74) is 0.692. The standard InChI is InChI=1S/C12H17N5O2/c1-3-5-9-11(12(18)19)14-15-17(9)8-10-13-6-7-16(10)4-2/h6-7H,3-5,8H2,1-2H3,(H,18,19). The van der Waals surface area contributed by atoms with Crippen LogP contribution in [0.2, 0.25) is 0 Å². The minimum atomic E-state index is -1.03. The lowest BCUT2D eigenvalue weighted by Gasteiger charge is -2.07. The molecule has 0 unspecified atom stereocenters. The summed E-state index contributed by atoms with van der Waals surface area (Å²) in [7, 11) is 0. The Balaban J connectivity index is 2.32. The number of carboxylic acids is 1. The molecule has 1 N–H and O–H groups in total. The minimum Gasteiger partial charge on any atom is -0.476 e. The highest BCUT2D eigenvalue weighted by Gasteiger charge is 2.19. The van der Waals surface area contributed by atoms with E-state index in [0.717, 1.165) is 18.8 Å². The van der Waals surface area contributed by atoms with Gasteiger partial charge in [0.25, 0.3) is 0 Å². The number of aromatic nitrogens is 5. The molecule has 0 saturated carbocycles. The molecule has 0 aliphatic carbocycles. The summed E-state index contributed by atoms with van der Waals surface area (Å²) in [5.74, 6) is -0.185. The van der Waals surface area contributed by atoms with E-state index in [9.17, 15) is 4.79 Å². The average Bonchev–Trinajstić information content (AvgIpc) is 2.98. The third-order valence-electron chi connectivity index (χ3n) is 2.96. The van der Waals surface area contributed by atoms with Crippen LogP contribution in [-0.4, -0.2) is 35.6 Å². The normalized spacial score (nSPS) is 10.8. The summed E-state index contributed by atoms with van der Waals surface area (Å²) in [6, 6.07) is 0. The Kier molecular flexibility index (Phi) is 3.94. The Morgan fingerprint density at radius 3 is 2.84 bits per heavy atom. The maximum Gasteiger partial charge on any atom is 0.358 e. The van der Waals surface area contributed by atoms with Gasteiger partial charge in [-0.05, 0) is 13.3 Å². The van der Waals surface area contributed by atoms with Crippen LogP contribution in [0.15, 0.2) is 12.4 Å². The van der Waals surface area contributed by atoms with Crippen molar-refractivity contribution in [3.05, 3.63) is 29.6 Å². The van der Waals surface area contributed by atoms with Gasteiger partial charge in [0.2, 0.25) is 0 Å². The molecule has 102 valence electrons. The van der Waals surface area contributed by atoms with E-state index < -0.39 is 5.97 Å². The lowest BCUT2D eigenvalue weighted by atomic mass is 10.2. The number of aromatic carboxylic acids is 1. The van der Waals surface area contributed by atoms with Crippen molar-refractivity contribution in [2.24, 2.45) is 0 Å². The van der Waals surface area contributed by atoms with Crippen LogP contribution in [0.1, 0.15) is 42.3 Å². The number of rotatable bonds is 6. The number of hydrogen-bond donors (Lipinski definition) is 1. The quantitative estimate of drug-likeness (QED) is 0.846. The van der Waals surface area contributed by atoms with E-state index in [-0.39, 0.29) is 5.69 Å². The molecule has 0 atom stereocenters. The Labute approximate surface area is 110 Å². The summed E-state index contributed by atoms with van der Waals surface area (Å²) in [6.07, 6.45) is 5.11. The summed E-state index contributed by atoms with van der Waals surface area (Å²) in [4.78, 5) is 15.4. The van der Waals surface area contributed by atoms with Gasteiger partial charge in [-0.2, -0.15) is 0 Å². The molecule has 0 aromatic carbocycles. The van der Waals surface area contributed by atoms with Crippen LogP contribution in [0, 0.1) is 0 Å². The zero-order chi connectivity index (χ0) is 13.8. The topological polar surface area (TPSA) is 85.8 Å². The minimum absolute atomic E-state index is 0.0384. The largest absolute Gasteiger partial charge is 0.476 e. The Morgan fingerprint density at radius 2 is 2.21 bits per heavy atom. The lowest BCUT2D eigenvalue weighted by molar-refractivity contribution is 0.0689. The first-order chi connectivity index (χ1) is 9.17. The number of carboxylic acid groups (broad SMARTS) is 1. The highest BCUT2D eigenvalue weighted by molar-refractivity contribution is 5.86. The van der Waals surface area contributed by atoms with Crippen molar-refractivity contribution in [3.8, 4) is 0 Å². The van der Waals surface area contributed by atoms with E-state index >= 15 is 0 Å². The van der Waals surface area contributed by atoms with Crippen molar-refractivity contribution in [2.45, 2.75) is 39.8 Å². The van der Waals surface area contributed by atoms with E-state index in [1.54, 1.807) is 10.9 Å². The molecule has 0 fully saturated rings. The Bertz CT molecular complexity index is 572. The molecule has 0 radical (unpaired) electrons. The van der Waals surface area contributed by atoms with Crippen molar-refractivity contribution in [3.63, 3.8) is 0 Å². The first kappa shape index (κ1) is 13.3. The summed E-state index contributed by atoms with van der Waals surface area (Å²) >= 11 is 0. The van der Waals surface area contributed by atoms with E-state index in [4.69, 9.17) is 5.11 Å². The average molecular weight is 263 g/mol. The zero-order valence-corrected chi connectivity index (χ0v) is 11.1. The van der Waals surface area contributed by atoms with Gasteiger partial charge in [-0.3, -0.25) is 0 Å². The predicted molar refractivity (Wildman–Crippen MR) is 68.0 cm³/mol. The van der Waals surface area contributed by atoms with Gasteiger partial charge in [0.15, 0.2) is 5.69 Å². The molecule has 0 spiro atoms. The molecule has 7 heteroatoms. The number of imidazole rings is 1. The van der Waals surface area contributed by atoms with Crippen LogP contribution in [0.25, 0.3) is 0 Å². The molecule has 0 saturated heterocycles. The fourth-order valence-corrected chi connectivity index (χ4v) is 2.02. The van der Waals surface area contributed by atoms with E-state index in [2.05, 4.69) is 15.3 Å². The first-order valence-electron chi connectivity index (χ1n) is 6.33. The van der Waals surface area contributed by atoms with Crippen molar-refractivity contribution in [1.82, 2.24) is 24.5 Å². The van der Waals surface area contributed by atoms with Crippen LogP contribution in [0.4, 0.5) is 0 Å². The molecule has 2 aromatic rings. The van der Waals surface area contributed by atoms with Gasteiger partial charge in [-0.15, -0.1) is 5.10 Å². The molecule has 7 nitrogen and oxygen atoms in total. The first-order valence-corrected chi connectivity index (χ1v) is 6.33. The molecular weight excluding hydrogens is 246 g/mol. The number of carbonyl (C=O) groups is 1. The molecule has 2 aromatic heterocycles. The molecule has 2 heterocycles. The lowest BCUT2D eigenvalue weighted by Crippen LogP contribution is -2.13. The number of nitrogens with zero attached hydrogens (tertiary/aromatic N) is 5. The highest BCUT2D eigenvalue weighted by atomic mass is 16.4. The molecule has 2 rings (SSSR count). The second-order valence-electron chi connectivity index (χ2n) is 4.23. The van der Waals surface area contributed by atoms with Gasteiger partial charge in [-0.1, -0.05) is 18.6 Å². The van der Waals surface area contributed by atoms with Crippen LogP contribution >= 0.6 is 0 Å². The van der Waals surface area contributed by atoms with Crippen LogP contribution in [0.5, 0.6) is 0 Å². The van der Waals surface area contributed by atoms with Crippen LogP contribution in [-0.2, 0) is 19.5 Å². The van der Waals surface area contributed by atoms with E-state index in [1.807, 2.05) is 24.6 Å². The maximum absolute atomic E-state index is 11.1. The number of hydrogen-bond acceptors (Lipinski definition) is 4. The molecule has 0 aliphatic heterocycles.